The van der Waals surface area contributed by atoms with Crippen LogP contribution in [0.15, 0.2) is 0 Å². The minimum atomic E-state index is -4.30. The summed E-state index contributed by atoms with van der Waals surface area (Å²) >= 11 is 0. The highest BCUT2D eigenvalue weighted by Gasteiger charge is 2.49. The molecule has 16 heavy (non-hydrogen) atoms. The summed E-state index contributed by atoms with van der Waals surface area (Å²) < 4.78 is 38.2. The number of hydrogen-bond acceptors (Lipinski definition) is 2. The zero-order valence-electron chi connectivity index (χ0n) is 9.69. The Morgan fingerprint density at radius 2 is 2.06 bits per heavy atom. The van der Waals surface area contributed by atoms with Crippen molar-refractivity contribution < 1.29 is 18.0 Å². The molecule has 1 fully saturated rings. The summed E-state index contributed by atoms with van der Waals surface area (Å²) in [6, 6.07) is -1.58. The van der Waals surface area contributed by atoms with Crippen LogP contribution in [0.4, 0.5) is 13.2 Å². The molecule has 1 rings (SSSR count). The lowest BCUT2D eigenvalue weighted by atomic mass is 9.94. The molecule has 1 heterocycles. The van der Waals surface area contributed by atoms with Crippen LogP contribution in [0.5, 0.6) is 0 Å². The quantitative estimate of drug-likeness (QED) is 0.816. The Hall–Kier alpha value is -0.780. The van der Waals surface area contributed by atoms with Crippen molar-refractivity contribution in [2.45, 2.75) is 45.8 Å². The van der Waals surface area contributed by atoms with Gasteiger partial charge in [0.25, 0.3) is 0 Å². The summed E-state index contributed by atoms with van der Waals surface area (Å²) in [6.45, 7) is 5.07. The number of carbonyl (C=O) groups is 1. The van der Waals surface area contributed by atoms with Crippen LogP contribution in [0.2, 0.25) is 0 Å². The van der Waals surface area contributed by atoms with Gasteiger partial charge in [-0.05, 0) is 20.3 Å². The van der Waals surface area contributed by atoms with Crippen molar-refractivity contribution in [3.05, 3.63) is 0 Å². The summed E-state index contributed by atoms with van der Waals surface area (Å²) in [5.41, 5.74) is 1.56. The van der Waals surface area contributed by atoms with E-state index >= 15 is 0 Å². The highest BCUT2D eigenvalue weighted by molar-refractivity contribution is 5.83. The predicted molar refractivity (Wildman–Crippen MR) is 53.4 cm³/mol. The molecular weight excluding hydrogens is 221 g/mol. The Kier molecular flexibility index (Phi) is 3.52. The standard InChI is InChI=1S/C10H17F3N2O/c1-4-5-7(10(11,12)13)15-6-9(2,3)8(16)14-15/h7H,4-6H2,1-3H3,(H,14,16). The first-order valence-corrected chi connectivity index (χ1v) is 5.33. The van der Waals surface area contributed by atoms with Gasteiger partial charge in [-0.1, -0.05) is 13.3 Å². The SMILES string of the molecule is CCCC(N1CC(C)(C)C(=O)N1)C(F)(F)F. The van der Waals surface area contributed by atoms with Crippen molar-refractivity contribution in [2.24, 2.45) is 5.41 Å². The minimum absolute atomic E-state index is 0.000139. The first-order chi connectivity index (χ1) is 7.18. The number of nitrogens with one attached hydrogen (secondary N) is 1. The third-order valence-electron chi connectivity index (χ3n) is 2.74. The maximum absolute atomic E-state index is 12.7. The van der Waals surface area contributed by atoms with Gasteiger partial charge in [-0.25, -0.2) is 5.01 Å². The third-order valence-corrected chi connectivity index (χ3v) is 2.74. The average Bonchev–Trinajstić information content (AvgIpc) is 2.35. The van der Waals surface area contributed by atoms with Crippen molar-refractivity contribution in [1.82, 2.24) is 10.4 Å². The zero-order chi connectivity index (χ0) is 12.6. The lowest BCUT2D eigenvalue weighted by Gasteiger charge is -2.29. The van der Waals surface area contributed by atoms with E-state index in [-0.39, 0.29) is 18.9 Å². The number of hydrogen-bond donors (Lipinski definition) is 1. The molecule has 0 radical (unpaired) electrons. The topological polar surface area (TPSA) is 32.3 Å². The fourth-order valence-electron chi connectivity index (χ4n) is 1.78. The molecule has 1 aliphatic heterocycles. The fraction of sp³-hybridized carbons (Fsp3) is 0.900. The highest BCUT2D eigenvalue weighted by Crippen LogP contribution is 2.32. The van der Waals surface area contributed by atoms with Crippen LogP contribution < -0.4 is 5.43 Å². The summed E-state index contributed by atoms with van der Waals surface area (Å²) in [5, 5.41) is 1.02. The van der Waals surface area contributed by atoms with Gasteiger partial charge >= 0.3 is 6.18 Å². The van der Waals surface area contributed by atoms with Gasteiger partial charge in [0.2, 0.25) is 5.91 Å². The van der Waals surface area contributed by atoms with Crippen molar-refractivity contribution in [2.75, 3.05) is 6.54 Å². The number of hydrazine groups is 1. The molecule has 0 saturated carbocycles. The van der Waals surface area contributed by atoms with E-state index in [9.17, 15) is 18.0 Å². The van der Waals surface area contributed by atoms with Crippen molar-refractivity contribution in [3.8, 4) is 0 Å². The number of rotatable bonds is 3. The van der Waals surface area contributed by atoms with E-state index in [0.717, 1.165) is 5.01 Å². The molecule has 0 aromatic carbocycles. The Bertz CT molecular complexity index is 276. The molecule has 0 aliphatic carbocycles. The number of amides is 1. The van der Waals surface area contributed by atoms with Crippen molar-refractivity contribution in [1.29, 1.82) is 0 Å². The molecule has 1 amide bonds. The number of carbonyl (C=O) groups excluding carboxylic acids is 1. The Balaban J connectivity index is 2.79. The lowest BCUT2D eigenvalue weighted by molar-refractivity contribution is -0.190. The van der Waals surface area contributed by atoms with Gasteiger partial charge < -0.3 is 0 Å². The predicted octanol–water partition coefficient (Wildman–Crippen LogP) is 2.09. The molecule has 0 aromatic heterocycles. The van der Waals surface area contributed by atoms with Crippen LogP contribution >= 0.6 is 0 Å². The first-order valence-electron chi connectivity index (χ1n) is 5.33. The summed E-state index contributed by atoms with van der Waals surface area (Å²) in [7, 11) is 0. The van der Waals surface area contributed by atoms with Gasteiger partial charge in [0.1, 0.15) is 6.04 Å². The number of halogens is 3. The molecule has 1 saturated heterocycles. The average molecular weight is 238 g/mol. The van der Waals surface area contributed by atoms with Gasteiger partial charge in [-0.15, -0.1) is 0 Å². The summed E-state index contributed by atoms with van der Waals surface area (Å²) in [5.74, 6) is -0.349. The van der Waals surface area contributed by atoms with E-state index < -0.39 is 17.6 Å². The van der Waals surface area contributed by atoms with Crippen LogP contribution in [0, 0.1) is 5.41 Å². The highest BCUT2D eigenvalue weighted by atomic mass is 19.4. The Morgan fingerprint density at radius 1 is 1.50 bits per heavy atom. The molecule has 6 heteroatoms. The molecule has 1 unspecified atom stereocenters. The molecule has 1 N–H and O–H groups in total. The van der Waals surface area contributed by atoms with Gasteiger partial charge in [0.15, 0.2) is 0 Å². The van der Waals surface area contributed by atoms with Gasteiger partial charge in [-0.3, -0.25) is 10.2 Å². The second-order valence-corrected chi connectivity index (χ2v) is 4.80. The molecule has 1 atom stereocenters. The van der Waals surface area contributed by atoms with E-state index in [0.29, 0.717) is 6.42 Å². The largest absolute Gasteiger partial charge is 0.405 e. The maximum atomic E-state index is 12.7. The maximum Gasteiger partial charge on any atom is 0.405 e. The van der Waals surface area contributed by atoms with Crippen LogP contribution in [-0.4, -0.2) is 29.7 Å². The van der Waals surface area contributed by atoms with Crippen LogP contribution in [-0.2, 0) is 4.79 Å². The van der Waals surface area contributed by atoms with Gasteiger partial charge in [-0.2, -0.15) is 13.2 Å². The van der Waals surface area contributed by atoms with Crippen LogP contribution in [0.3, 0.4) is 0 Å². The molecule has 0 aromatic rings. The number of nitrogens with zero attached hydrogens (tertiary/aromatic N) is 1. The van der Waals surface area contributed by atoms with Crippen LogP contribution in [0.25, 0.3) is 0 Å². The zero-order valence-corrected chi connectivity index (χ0v) is 9.69. The molecular formula is C10H17F3N2O. The minimum Gasteiger partial charge on any atom is -0.288 e. The van der Waals surface area contributed by atoms with Crippen LogP contribution in [0.1, 0.15) is 33.6 Å². The van der Waals surface area contributed by atoms with E-state index in [1.54, 1.807) is 20.8 Å². The molecule has 94 valence electrons. The monoisotopic (exact) mass is 238 g/mol. The molecule has 3 nitrogen and oxygen atoms in total. The third kappa shape index (κ3) is 2.66. The summed E-state index contributed by atoms with van der Waals surface area (Å²) in [6.07, 6.45) is -3.87. The molecule has 1 aliphatic rings. The van der Waals surface area contributed by atoms with Crippen molar-refractivity contribution >= 4 is 5.91 Å². The Morgan fingerprint density at radius 3 is 2.38 bits per heavy atom. The second-order valence-electron chi connectivity index (χ2n) is 4.80. The molecule has 0 spiro atoms. The van der Waals surface area contributed by atoms with E-state index in [2.05, 4.69) is 5.43 Å². The smallest absolute Gasteiger partial charge is 0.288 e. The van der Waals surface area contributed by atoms with E-state index in [1.807, 2.05) is 0 Å². The second kappa shape index (κ2) is 4.24. The molecule has 0 bridgehead atoms. The van der Waals surface area contributed by atoms with Gasteiger partial charge in [0, 0.05) is 6.54 Å². The first kappa shape index (κ1) is 13.3. The lowest BCUT2D eigenvalue weighted by Crippen LogP contribution is -2.49. The van der Waals surface area contributed by atoms with Crippen molar-refractivity contribution in [3.63, 3.8) is 0 Å². The fourth-order valence-corrected chi connectivity index (χ4v) is 1.78. The van der Waals surface area contributed by atoms with E-state index in [4.69, 9.17) is 0 Å². The normalized spacial score (nSPS) is 23.2. The van der Waals surface area contributed by atoms with Gasteiger partial charge in [0.05, 0.1) is 5.41 Å². The number of alkyl halides is 3. The van der Waals surface area contributed by atoms with E-state index in [1.165, 1.54) is 0 Å². The summed E-state index contributed by atoms with van der Waals surface area (Å²) in [4.78, 5) is 11.4. The Labute approximate surface area is 93.0 Å².